The van der Waals surface area contributed by atoms with Crippen molar-refractivity contribution in [3.8, 4) is 0 Å². The number of hydrogen-bond acceptors (Lipinski definition) is 2. The van der Waals surface area contributed by atoms with Crippen molar-refractivity contribution < 1.29 is 9.90 Å². The van der Waals surface area contributed by atoms with Gasteiger partial charge in [-0.1, -0.05) is 43.1 Å². The average Bonchev–Trinajstić information content (AvgIpc) is 2.28. The van der Waals surface area contributed by atoms with Gasteiger partial charge in [0.1, 0.15) is 6.04 Å². The average molecular weight is 290 g/mol. The van der Waals surface area contributed by atoms with Gasteiger partial charge in [-0.05, 0) is 30.0 Å². The summed E-state index contributed by atoms with van der Waals surface area (Å²) in [7, 11) is 0. The Bertz CT molecular complexity index is 421. The summed E-state index contributed by atoms with van der Waals surface area (Å²) in [5.41, 5.74) is 0.916. The maximum absolute atomic E-state index is 11.1. The highest BCUT2D eigenvalue weighted by atomic mass is 35.5. The van der Waals surface area contributed by atoms with E-state index in [-0.39, 0.29) is 0 Å². The topological polar surface area (TPSA) is 49.3 Å². The van der Waals surface area contributed by atoms with Gasteiger partial charge < -0.3 is 10.4 Å². The second-order valence-corrected chi connectivity index (χ2v) is 5.46. The molecule has 18 heavy (non-hydrogen) atoms. The normalized spacial score (nSPS) is 12.7. The smallest absolute Gasteiger partial charge is 0.320 e. The zero-order valence-corrected chi connectivity index (χ0v) is 11.9. The lowest BCUT2D eigenvalue weighted by atomic mass is 10.0. The fourth-order valence-electron chi connectivity index (χ4n) is 1.63. The van der Waals surface area contributed by atoms with Gasteiger partial charge in [0, 0.05) is 6.54 Å². The second kappa shape index (κ2) is 6.98. The van der Waals surface area contributed by atoms with Crippen molar-refractivity contribution in [3.05, 3.63) is 33.8 Å². The summed E-state index contributed by atoms with van der Waals surface area (Å²) in [5, 5.41) is 13.1. The minimum absolute atomic E-state index is 0.326. The van der Waals surface area contributed by atoms with Crippen molar-refractivity contribution in [3.63, 3.8) is 0 Å². The lowest BCUT2D eigenvalue weighted by Gasteiger charge is -2.16. The van der Waals surface area contributed by atoms with Crippen molar-refractivity contribution >= 4 is 29.2 Å². The van der Waals surface area contributed by atoms with Crippen molar-refractivity contribution in [2.75, 3.05) is 0 Å². The number of benzene rings is 1. The van der Waals surface area contributed by atoms with E-state index in [1.165, 1.54) is 0 Å². The van der Waals surface area contributed by atoms with Crippen LogP contribution < -0.4 is 5.32 Å². The maximum atomic E-state index is 11.1. The summed E-state index contributed by atoms with van der Waals surface area (Å²) in [6.45, 7) is 4.45. The van der Waals surface area contributed by atoms with Gasteiger partial charge in [-0.25, -0.2) is 0 Å². The van der Waals surface area contributed by atoms with E-state index in [1.807, 2.05) is 19.9 Å². The van der Waals surface area contributed by atoms with Crippen LogP contribution in [0.25, 0.3) is 0 Å². The highest BCUT2D eigenvalue weighted by molar-refractivity contribution is 6.42. The molecular weight excluding hydrogens is 273 g/mol. The number of carbonyl (C=O) groups is 1. The molecule has 0 unspecified atom stereocenters. The van der Waals surface area contributed by atoms with Gasteiger partial charge in [0.25, 0.3) is 0 Å². The van der Waals surface area contributed by atoms with Crippen molar-refractivity contribution in [2.45, 2.75) is 32.9 Å². The third-order valence-corrected chi connectivity index (χ3v) is 3.28. The highest BCUT2D eigenvalue weighted by Crippen LogP contribution is 2.22. The molecule has 0 saturated carbocycles. The summed E-state index contributed by atoms with van der Waals surface area (Å²) < 4.78 is 0. The molecule has 3 nitrogen and oxygen atoms in total. The monoisotopic (exact) mass is 289 g/mol. The molecule has 0 aliphatic heterocycles. The fourth-order valence-corrected chi connectivity index (χ4v) is 1.95. The zero-order valence-electron chi connectivity index (χ0n) is 10.4. The van der Waals surface area contributed by atoms with Crippen LogP contribution in [0.1, 0.15) is 25.8 Å². The van der Waals surface area contributed by atoms with Crippen molar-refractivity contribution in [2.24, 2.45) is 5.92 Å². The van der Waals surface area contributed by atoms with E-state index in [0.29, 0.717) is 28.9 Å². The summed E-state index contributed by atoms with van der Waals surface area (Å²) in [6.07, 6.45) is 0.594. The van der Waals surface area contributed by atoms with E-state index in [0.717, 1.165) is 5.56 Å². The third kappa shape index (κ3) is 4.84. The molecule has 0 fully saturated rings. The Kier molecular flexibility index (Phi) is 5.93. The number of aliphatic carboxylic acids is 1. The van der Waals surface area contributed by atoms with Gasteiger partial charge in [-0.3, -0.25) is 4.79 Å². The van der Waals surface area contributed by atoms with Gasteiger partial charge in [0.15, 0.2) is 0 Å². The van der Waals surface area contributed by atoms with Crippen LogP contribution in [0, 0.1) is 5.92 Å². The molecule has 0 saturated heterocycles. The second-order valence-electron chi connectivity index (χ2n) is 4.65. The number of nitrogens with one attached hydrogen (secondary N) is 1. The lowest BCUT2D eigenvalue weighted by molar-refractivity contribution is -0.140. The van der Waals surface area contributed by atoms with Crippen LogP contribution >= 0.6 is 23.2 Å². The van der Waals surface area contributed by atoms with Gasteiger partial charge in [-0.2, -0.15) is 0 Å². The molecular formula is C13H17Cl2NO2. The molecule has 0 aromatic heterocycles. The Hall–Kier alpha value is -0.770. The quantitative estimate of drug-likeness (QED) is 0.842. The maximum Gasteiger partial charge on any atom is 0.320 e. The van der Waals surface area contributed by atoms with E-state index in [9.17, 15) is 4.79 Å². The molecule has 0 spiro atoms. The Labute approximate surface area is 117 Å². The summed E-state index contributed by atoms with van der Waals surface area (Å²) in [4.78, 5) is 11.1. The van der Waals surface area contributed by atoms with Crippen LogP contribution in [0.15, 0.2) is 18.2 Å². The molecule has 0 radical (unpaired) electrons. The number of carboxylic acid groups (broad SMARTS) is 1. The molecule has 0 amide bonds. The highest BCUT2D eigenvalue weighted by Gasteiger charge is 2.17. The van der Waals surface area contributed by atoms with Crippen molar-refractivity contribution in [1.29, 1.82) is 0 Å². The first kappa shape index (κ1) is 15.3. The van der Waals surface area contributed by atoms with Gasteiger partial charge in [-0.15, -0.1) is 0 Å². The Morgan fingerprint density at radius 2 is 2.00 bits per heavy atom. The zero-order chi connectivity index (χ0) is 13.7. The minimum atomic E-state index is -0.830. The van der Waals surface area contributed by atoms with E-state index in [4.69, 9.17) is 28.3 Å². The molecule has 0 aliphatic rings. The summed E-state index contributed by atoms with van der Waals surface area (Å²) >= 11 is 11.7. The van der Waals surface area contributed by atoms with Crippen LogP contribution in [-0.2, 0) is 11.3 Å². The molecule has 0 aliphatic carbocycles. The summed E-state index contributed by atoms with van der Waals surface area (Å²) in [6, 6.07) is 4.74. The molecule has 1 rings (SSSR count). The lowest BCUT2D eigenvalue weighted by Crippen LogP contribution is -2.37. The molecule has 1 aromatic carbocycles. The molecule has 5 heteroatoms. The van der Waals surface area contributed by atoms with E-state index in [2.05, 4.69) is 5.32 Å². The number of rotatable bonds is 6. The van der Waals surface area contributed by atoms with Gasteiger partial charge in [0.05, 0.1) is 10.0 Å². The van der Waals surface area contributed by atoms with Crippen LogP contribution in [-0.4, -0.2) is 17.1 Å². The van der Waals surface area contributed by atoms with E-state index >= 15 is 0 Å². The SMILES string of the molecule is CC(C)C[C@@H](NCc1ccc(Cl)c(Cl)c1)C(=O)O. The molecule has 1 atom stereocenters. The Morgan fingerprint density at radius 1 is 1.33 bits per heavy atom. The first-order valence-electron chi connectivity index (χ1n) is 5.80. The van der Waals surface area contributed by atoms with E-state index < -0.39 is 12.0 Å². The van der Waals surface area contributed by atoms with Crippen LogP contribution in [0.5, 0.6) is 0 Å². The third-order valence-electron chi connectivity index (χ3n) is 2.54. The number of halogens is 2. The molecule has 0 heterocycles. The van der Waals surface area contributed by atoms with E-state index in [1.54, 1.807) is 12.1 Å². The molecule has 1 aromatic rings. The van der Waals surface area contributed by atoms with Crippen LogP contribution in [0.2, 0.25) is 10.0 Å². The number of hydrogen-bond donors (Lipinski definition) is 2. The first-order valence-corrected chi connectivity index (χ1v) is 6.56. The predicted molar refractivity (Wildman–Crippen MR) is 74.2 cm³/mol. The van der Waals surface area contributed by atoms with Crippen LogP contribution in [0.3, 0.4) is 0 Å². The molecule has 100 valence electrons. The summed E-state index contributed by atoms with van der Waals surface area (Å²) in [5.74, 6) is -0.504. The van der Waals surface area contributed by atoms with Gasteiger partial charge >= 0.3 is 5.97 Å². The first-order chi connectivity index (χ1) is 8.40. The van der Waals surface area contributed by atoms with Crippen LogP contribution in [0.4, 0.5) is 0 Å². The number of carboxylic acids is 1. The van der Waals surface area contributed by atoms with Crippen molar-refractivity contribution in [1.82, 2.24) is 5.32 Å². The Morgan fingerprint density at radius 3 is 2.50 bits per heavy atom. The molecule has 0 bridgehead atoms. The van der Waals surface area contributed by atoms with Gasteiger partial charge in [0.2, 0.25) is 0 Å². The Balaban J connectivity index is 2.61. The standard InChI is InChI=1S/C13H17Cl2NO2/c1-8(2)5-12(13(17)18)16-7-9-3-4-10(14)11(15)6-9/h3-4,6,8,12,16H,5,7H2,1-2H3,(H,17,18)/t12-/m1/s1. The fraction of sp³-hybridized carbons (Fsp3) is 0.462. The predicted octanol–water partition coefficient (Wildman–Crippen LogP) is 3.58. The molecule has 2 N–H and O–H groups in total. The largest absolute Gasteiger partial charge is 0.480 e. The minimum Gasteiger partial charge on any atom is -0.480 e.